The summed E-state index contributed by atoms with van der Waals surface area (Å²) >= 11 is 0. The number of hydrogen-bond acceptors (Lipinski definition) is 4. The van der Waals surface area contributed by atoms with Gasteiger partial charge in [0.2, 0.25) is 0 Å². The third-order valence-corrected chi connectivity index (χ3v) is 3.03. The van der Waals surface area contributed by atoms with Crippen molar-refractivity contribution in [1.82, 2.24) is 0 Å². The Morgan fingerprint density at radius 1 is 1.00 bits per heavy atom. The van der Waals surface area contributed by atoms with E-state index in [1.807, 2.05) is 6.92 Å². The Hall–Kier alpha value is -1.59. The smallest absolute Gasteiger partial charge is 0.321 e. The fraction of sp³-hybridized carbons (Fsp3) is 0.769. The van der Waals surface area contributed by atoms with Crippen molar-refractivity contribution in [1.29, 1.82) is 0 Å². The van der Waals surface area contributed by atoms with Gasteiger partial charge in [-0.3, -0.25) is 14.4 Å². The van der Waals surface area contributed by atoms with Crippen LogP contribution in [0.1, 0.15) is 52.4 Å². The second kappa shape index (κ2) is 8.50. The highest BCUT2D eigenvalue weighted by Crippen LogP contribution is 2.31. The molecule has 0 spiro atoms. The van der Waals surface area contributed by atoms with Crippen molar-refractivity contribution >= 4 is 17.9 Å². The van der Waals surface area contributed by atoms with Crippen molar-refractivity contribution in [2.75, 3.05) is 6.61 Å². The van der Waals surface area contributed by atoms with Crippen molar-refractivity contribution in [2.24, 2.45) is 5.41 Å². The summed E-state index contributed by atoms with van der Waals surface area (Å²) in [7, 11) is 0. The maximum atomic E-state index is 11.4. The molecule has 0 saturated heterocycles. The topological polar surface area (TPSA) is 101 Å². The fourth-order valence-electron chi connectivity index (χ4n) is 1.86. The lowest BCUT2D eigenvalue weighted by atomic mass is 9.79. The summed E-state index contributed by atoms with van der Waals surface area (Å²) in [5.74, 6) is -3.75. The minimum atomic E-state index is -2.07. The fourth-order valence-corrected chi connectivity index (χ4v) is 1.86. The van der Waals surface area contributed by atoms with Crippen LogP contribution in [0, 0.1) is 5.41 Å². The monoisotopic (exact) mass is 274 g/mol. The SMILES string of the molecule is CCCCCCC(CC(=O)OCC)(C(=O)O)C(=O)O. The van der Waals surface area contributed by atoms with Gasteiger partial charge in [0, 0.05) is 0 Å². The number of unbranched alkanes of at least 4 members (excludes halogenated alkanes) is 3. The molecule has 6 nitrogen and oxygen atoms in total. The molecule has 0 aromatic heterocycles. The van der Waals surface area contributed by atoms with Crippen LogP contribution in [0.3, 0.4) is 0 Å². The first-order valence-corrected chi connectivity index (χ1v) is 6.53. The Kier molecular flexibility index (Phi) is 7.79. The molecule has 0 aromatic carbocycles. The van der Waals surface area contributed by atoms with E-state index in [4.69, 9.17) is 0 Å². The normalized spacial score (nSPS) is 11.1. The second-order valence-corrected chi connectivity index (χ2v) is 4.48. The third kappa shape index (κ3) is 5.28. The number of esters is 1. The molecule has 0 aliphatic rings. The lowest BCUT2D eigenvalue weighted by Gasteiger charge is -2.23. The van der Waals surface area contributed by atoms with Crippen LogP contribution in [-0.2, 0) is 19.1 Å². The molecule has 0 aromatic rings. The number of carboxylic acids is 2. The van der Waals surface area contributed by atoms with Crippen LogP contribution < -0.4 is 0 Å². The first kappa shape index (κ1) is 17.4. The van der Waals surface area contributed by atoms with Gasteiger partial charge in [0.25, 0.3) is 0 Å². The zero-order valence-electron chi connectivity index (χ0n) is 11.5. The van der Waals surface area contributed by atoms with E-state index in [1.165, 1.54) is 0 Å². The number of ether oxygens (including phenoxy) is 1. The zero-order valence-corrected chi connectivity index (χ0v) is 11.5. The highest BCUT2D eigenvalue weighted by Gasteiger charge is 2.48. The largest absolute Gasteiger partial charge is 0.480 e. The molecule has 0 aliphatic heterocycles. The summed E-state index contributed by atoms with van der Waals surface area (Å²) in [6, 6.07) is 0. The lowest BCUT2D eigenvalue weighted by Crippen LogP contribution is -2.41. The quantitative estimate of drug-likeness (QED) is 0.359. The van der Waals surface area contributed by atoms with E-state index in [-0.39, 0.29) is 13.0 Å². The maximum absolute atomic E-state index is 11.4. The first-order chi connectivity index (χ1) is 8.90. The summed E-state index contributed by atoms with van der Waals surface area (Å²) < 4.78 is 4.66. The molecule has 0 atom stereocenters. The van der Waals surface area contributed by atoms with E-state index in [2.05, 4.69) is 4.74 Å². The van der Waals surface area contributed by atoms with E-state index >= 15 is 0 Å². The molecule has 0 fully saturated rings. The summed E-state index contributed by atoms with van der Waals surface area (Å²) in [4.78, 5) is 34.0. The molecule has 0 aliphatic carbocycles. The summed E-state index contributed by atoms with van der Waals surface area (Å²) in [6.45, 7) is 3.69. The van der Waals surface area contributed by atoms with Crippen LogP contribution >= 0.6 is 0 Å². The molecule has 0 saturated carbocycles. The average molecular weight is 274 g/mol. The van der Waals surface area contributed by atoms with E-state index < -0.39 is 29.7 Å². The maximum Gasteiger partial charge on any atom is 0.321 e. The number of carboxylic acid groups (broad SMARTS) is 2. The molecule has 0 radical (unpaired) electrons. The van der Waals surface area contributed by atoms with Gasteiger partial charge >= 0.3 is 17.9 Å². The Labute approximate surface area is 112 Å². The van der Waals surface area contributed by atoms with E-state index in [1.54, 1.807) is 6.92 Å². The molecular formula is C13H22O6. The van der Waals surface area contributed by atoms with Gasteiger partial charge in [0.15, 0.2) is 5.41 Å². The predicted molar refractivity (Wildman–Crippen MR) is 67.7 cm³/mol. The van der Waals surface area contributed by atoms with Crippen molar-refractivity contribution in [3.05, 3.63) is 0 Å². The number of hydrogen-bond donors (Lipinski definition) is 2. The molecule has 6 heteroatoms. The van der Waals surface area contributed by atoms with E-state index in [0.717, 1.165) is 19.3 Å². The summed E-state index contributed by atoms with van der Waals surface area (Å²) in [5.41, 5.74) is -2.07. The average Bonchev–Trinajstić information content (AvgIpc) is 2.32. The van der Waals surface area contributed by atoms with Gasteiger partial charge < -0.3 is 14.9 Å². The molecule has 0 amide bonds. The molecule has 19 heavy (non-hydrogen) atoms. The minimum absolute atomic E-state index is 0.0590. The standard InChI is InChI=1S/C13H22O6/c1-3-5-6-7-8-13(11(15)16,12(17)18)9-10(14)19-4-2/h3-9H2,1-2H3,(H,15,16)(H,17,18). The predicted octanol–water partition coefficient (Wildman–Crippen LogP) is 2.07. The highest BCUT2D eigenvalue weighted by atomic mass is 16.5. The molecule has 0 rings (SSSR count). The molecular weight excluding hydrogens is 252 g/mol. The molecule has 2 N–H and O–H groups in total. The van der Waals surface area contributed by atoms with Crippen molar-refractivity contribution in [3.63, 3.8) is 0 Å². The van der Waals surface area contributed by atoms with Gasteiger partial charge in [-0.1, -0.05) is 32.6 Å². The van der Waals surface area contributed by atoms with Crippen LogP contribution in [0.15, 0.2) is 0 Å². The van der Waals surface area contributed by atoms with E-state index in [9.17, 15) is 24.6 Å². The number of rotatable bonds is 10. The first-order valence-electron chi connectivity index (χ1n) is 6.53. The van der Waals surface area contributed by atoms with Crippen LogP contribution in [0.25, 0.3) is 0 Å². The molecule has 0 heterocycles. The Balaban J connectivity index is 4.83. The van der Waals surface area contributed by atoms with Gasteiger partial charge in [0.05, 0.1) is 13.0 Å². The molecule has 110 valence electrons. The Morgan fingerprint density at radius 2 is 1.58 bits per heavy atom. The highest BCUT2D eigenvalue weighted by molar-refractivity contribution is 6.01. The van der Waals surface area contributed by atoms with Gasteiger partial charge in [-0.25, -0.2) is 0 Å². The molecule has 0 unspecified atom stereocenters. The van der Waals surface area contributed by atoms with Crippen molar-refractivity contribution in [3.8, 4) is 0 Å². The van der Waals surface area contributed by atoms with Crippen molar-refractivity contribution < 1.29 is 29.3 Å². The number of carbonyl (C=O) groups excluding carboxylic acids is 1. The summed E-state index contributed by atoms with van der Waals surface area (Å²) in [6.07, 6.45) is 2.40. The zero-order chi connectivity index (χ0) is 14.9. The van der Waals surface area contributed by atoms with Gasteiger partial charge in [0.1, 0.15) is 0 Å². The van der Waals surface area contributed by atoms with Crippen molar-refractivity contribution in [2.45, 2.75) is 52.4 Å². The van der Waals surface area contributed by atoms with E-state index in [0.29, 0.717) is 6.42 Å². The van der Waals surface area contributed by atoms with Gasteiger partial charge in [-0.15, -0.1) is 0 Å². The molecule has 0 bridgehead atoms. The summed E-state index contributed by atoms with van der Waals surface area (Å²) in [5, 5.41) is 18.4. The second-order valence-electron chi connectivity index (χ2n) is 4.48. The minimum Gasteiger partial charge on any atom is -0.480 e. The van der Waals surface area contributed by atoms with Crippen LogP contribution in [0.5, 0.6) is 0 Å². The van der Waals surface area contributed by atoms with Crippen LogP contribution in [0.2, 0.25) is 0 Å². The lowest BCUT2D eigenvalue weighted by molar-refractivity contribution is -0.171. The van der Waals surface area contributed by atoms with Gasteiger partial charge in [-0.05, 0) is 13.3 Å². The van der Waals surface area contributed by atoms with Crippen LogP contribution in [-0.4, -0.2) is 34.7 Å². The third-order valence-electron chi connectivity index (χ3n) is 3.03. The van der Waals surface area contributed by atoms with Gasteiger partial charge in [-0.2, -0.15) is 0 Å². The number of carbonyl (C=O) groups is 3. The van der Waals surface area contributed by atoms with Crippen LogP contribution in [0.4, 0.5) is 0 Å². The Bertz CT molecular complexity index is 309. The Morgan fingerprint density at radius 3 is 2.00 bits per heavy atom. The number of aliphatic carboxylic acids is 2.